The molecular weight excluding hydrogens is 348 g/mol. The molecule has 1 fully saturated rings. The third-order valence-corrected chi connectivity index (χ3v) is 4.39. The first kappa shape index (κ1) is 18.8. The summed E-state index contributed by atoms with van der Waals surface area (Å²) < 4.78 is 16.1. The predicted molar refractivity (Wildman–Crippen MR) is 99.3 cm³/mol. The molecule has 0 aliphatic carbocycles. The fraction of sp³-hybridized carbons (Fsp3) is 0.421. The van der Waals surface area contributed by atoms with Gasteiger partial charge >= 0.3 is 6.03 Å². The Hall–Kier alpha value is -3.03. The van der Waals surface area contributed by atoms with Crippen LogP contribution in [0.25, 0.3) is 0 Å². The third-order valence-electron chi connectivity index (χ3n) is 4.39. The van der Waals surface area contributed by atoms with Crippen molar-refractivity contribution in [3.63, 3.8) is 0 Å². The zero-order valence-corrected chi connectivity index (χ0v) is 15.6. The summed E-state index contributed by atoms with van der Waals surface area (Å²) in [5.41, 5.74) is 1.15. The van der Waals surface area contributed by atoms with Crippen molar-refractivity contribution in [2.24, 2.45) is 0 Å². The maximum Gasteiger partial charge on any atom is 0.317 e. The number of urea groups is 1. The van der Waals surface area contributed by atoms with Crippen molar-refractivity contribution in [2.75, 3.05) is 33.9 Å². The van der Waals surface area contributed by atoms with Crippen LogP contribution >= 0.6 is 0 Å². The van der Waals surface area contributed by atoms with Gasteiger partial charge in [-0.1, -0.05) is 12.1 Å². The molecule has 1 aromatic heterocycles. The highest BCUT2D eigenvalue weighted by atomic mass is 16.5. The molecule has 0 radical (unpaired) electrons. The van der Waals surface area contributed by atoms with Crippen molar-refractivity contribution in [3.8, 4) is 17.5 Å². The molecule has 144 valence electrons. The molecule has 2 heterocycles. The van der Waals surface area contributed by atoms with Gasteiger partial charge in [0, 0.05) is 31.9 Å². The molecule has 2 aromatic rings. The average Bonchev–Trinajstić information content (AvgIpc) is 3.17. The zero-order chi connectivity index (χ0) is 19.1. The monoisotopic (exact) mass is 372 g/mol. The molecule has 1 aliphatic heterocycles. The van der Waals surface area contributed by atoms with Crippen molar-refractivity contribution < 1.29 is 19.0 Å². The molecule has 1 saturated heterocycles. The summed E-state index contributed by atoms with van der Waals surface area (Å²) in [6.07, 6.45) is 4.48. The lowest BCUT2D eigenvalue weighted by molar-refractivity contribution is 0.177. The Kier molecular flexibility index (Phi) is 6.30. The highest BCUT2D eigenvalue weighted by Gasteiger charge is 2.28. The van der Waals surface area contributed by atoms with Gasteiger partial charge in [-0.3, -0.25) is 0 Å². The number of hydrogen-bond donors (Lipinski definition) is 1. The summed E-state index contributed by atoms with van der Waals surface area (Å²) >= 11 is 0. The van der Waals surface area contributed by atoms with Crippen LogP contribution in [-0.2, 0) is 6.42 Å². The Bertz CT molecular complexity index is 754. The molecule has 27 heavy (non-hydrogen) atoms. The first-order valence-electron chi connectivity index (χ1n) is 8.87. The van der Waals surface area contributed by atoms with Gasteiger partial charge in [-0.05, 0) is 24.1 Å². The lowest BCUT2D eigenvalue weighted by Crippen LogP contribution is -2.40. The fourth-order valence-electron chi connectivity index (χ4n) is 2.92. The molecule has 1 aromatic carbocycles. The number of aromatic nitrogens is 2. The van der Waals surface area contributed by atoms with E-state index in [-0.39, 0.29) is 12.1 Å². The molecule has 8 heteroatoms. The summed E-state index contributed by atoms with van der Waals surface area (Å²) in [7, 11) is 3.16. The van der Waals surface area contributed by atoms with E-state index < -0.39 is 0 Å². The Labute approximate surface area is 158 Å². The van der Waals surface area contributed by atoms with E-state index >= 15 is 0 Å². The molecule has 0 bridgehead atoms. The second-order valence-corrected chi connectivity index (χ2v) is 6.18. The molecule has 1 atom stereocenters. The number of carbonyl (C=O) groups is 1. The standard InChI is InChI=1S/C19H24N4O4/c1-25-15-5-3-14(4-6-15)7-9-22-19(24)23-12-8-16(13-23)27-18-17(26-2)20-10-11-21-18/h3-6,10-11,16H,7-9,12-13H2,1-2H3,(H,22,24). The normalized spacial score (nSPS) is 16.1. The average molecular weight is 372 g/mol. The smallest absolute Gasteiger partial charge is 0.317 e. The Balaban J connectivity index is 1.43. The number of benzene rings is 1. The first-order valence-corrected chi connectivity index (χ1v) is 8.87. The van der Waals surface area contributed by atoms with Crippen LogP contribution in [0.15, 0.2) is 36.7 Å². The largest absolute Gasteiger partial charge is 0.497 e. The minimum atomic E-state index is -0.122. The number of nitrogens with zero attached hydrogens (tertiary/aromatic N) is 3. The van der Waals surface area contributed by atoms with Crippen LogP contribution in [0, 0.1) is 0 Å². The van der Waals surface area contributed by atoms with Gasteiger partial charge in [0.15, 0.2) is 0 Å². The summed E-state index contributed by atoms with van der Waals surface area (Å²) in [4.78, 5) is 22.3. The second-order valence-electron chi connectivity index (χ2n) is 6.18. The van der Waals surface area contributed by atoms with Crippen LogP contribution in [0.5, 0.6) is 17.5 Å². The van der Waals surface area contributed by atoms with Gasteiger partial charge in [0.1, 0.15) is 11.9 Å². The Morgan fingerprint density at radius 3 is 2.59 bits per heavy atom. The molecule has 0 spiro atoms. The number of likely N-dealkylation sites (tertiary alicyclic amines) is 1. The first-order chi connectivity index (χ1) is 13.2. The number of rotatable bonds is 7. The summed E-state index contributed by atoms with van der Waals surface area (Å²) in [6, 6.07) is 7.75. The van der Waals surface area contributed by atoms with Crippen molar-refractivity contribution in [1.29, 1.82) is 0 Å². The van der Waals surface area contributed by atoms with Crippen LogP contribution in [0.1, 0.15) is 12.0 Å². The van der Waals surface area contributed by atoms with E-state index in [9.17, 15) is 4.79 Å². The van der Waals surface area contributed by atoms with E-state index in [0.29, 0.717) is 31.4 Å². The number of nitrogens with one attached hydrogen (secondary N) is 1. The lowest BCUT2D eigenvalue weighted by atomic mass is 10.1. The lowest BCUT2D eigenvalue weighted by Gasteiger charge is -2.18. The molecule has 1 aliphatic rings. The van der Waals surface area contributed by atoms with Gasteiger partial charge in [-0.25, -0.2) is 14.8 Å². The van der Waals surface area contributed by atoms with E-state index in [1.807, 2.05) is 24.3 Å². The highest BCUT2D eigenvalue weighted by molar-refractivity contribution is 5.74. The minimum Gasteiger partial charge on any atom is -0.497 e. The van der Waals surface area contributed by atoms with Crippen LogP contribution in [0.4, 0.5) is 4.79 Å². The topological polar surface area (TPSA) is 85.8 Å². The number of hydrogen-bond acceptors (Lipinski definition) is 6. The van der Waals surface area contributed by atoms with Gasteiger partial charge < -0.3 is 24.4 Å². The maximum absolute atomic E-state index is 12.3. The predicted octanol–water partition coefficient (Wildman–Crippen LogP) is 1.90. The van der Waals surface area contributed by atoms with Gasteiger partial charge in [0.2, 0.25) is 0 Å². The summed E-state index contributed by atoms with van der Waals surface area (Å²) in [6.45, 7) is 1.72. The van der Waals surface area contributed by atoms with E-state index in [0.717, 1.165) is 24.2 Å². The van der Waals surface area contributed by atoms with E-state index in [4.69, 9.17) is 14.2 Å². The van der Waals surface area contributed by atoms with Crippen LogP contribution in [-0.4, -0.2) is 60.9 Å². The van der Waals surface area contributed by atoms with Gasteiger partial charge in [-0.2, -0.15) is 0 Å². The van der Waals surface area contributed by atoms with Crippen LogP contribution in [0.2, 0.25) is 0 Å². The van der Waals surface area contributed by atoms with E-state index in [2.05, 4.69) is 15.3 Å². The highest BCUT2D eigenvalue weighted by Crippen LogP contribution is 2.23. The maximum atomic E-state index is 12.3. The van der Waals surface area contributed by atoms with Crippen LogP contribution in [0.3, 0.4) is 0 Å². The fourth-order valence-corrected chi connectivity index (χ4v) is 2.92. The molecule has 1 N–H and O–H groups in total. The quantitative estimate of drug-likeness (QED) is 0.799. The van der Waals surface area contributed by atoms with Gasteiger partial charge in [0.05, 0.1) is 20.8 Å². The van der Waals surface area contributed by atoms with Crippen molar-refractivity contribution in [2.45, 2.75) is 18.9 Å². The van der Waals surface area contributed by atoms with E-state index in [1.165, 1.54) is 7.11 Å². The zero-order valence-electron chi connectivity index (χ0n) is 15.6. The minimum absolute atomic E-state index is 0.0827. The molecular formula is C19H24N4O4. The summed E-state index contributed by atoms with van der Waals surface area (Å²) in [5.74, 6) is 1.53. The van der Waals surface area contributed by atoms with E-state index in [1.54, 1.807) is 24.4 Å². The van der Waals surface area contributed by atoms with Gasteiger partial charge in [0.25, 0.3) is 11.8 Å². The number of carbonyl (C=O) groups excluding carboxylic acids is 1. The summed E-state index contributed by atoms with van der Waals surface area (Å²) in [5, 5.41) is 2.96. The third kappa shape index (κ3) is 4.99. The molecule has 3 rings (SSSR count). The molecule has 1 unspecified atom stereocenters. The Morgan fingerprint density at radius 2 is 1.89 bits per heavy atom. The molecule has 0 saturated carbocycles. The van der Waals surface area contributed by atoms with Gasteiger partial charge in [-0.15, -0.1) is 0 Å². The number of methoxy groups -OCH3 is 2. The Morgan fingerprint density at radius 1 is 1.15 bits per heavy atom. The SMILES string of the molecule is COc1ccc(CCNC(=O)N2CCC(Oc3nccnc3OC)C2)cc1. The second kappa shape index (κ2) is 9.07. The number of ether oxygens (including phenoxy) is 3. The van der Waals surface area contributed by atoms with Crippen molar-refractivity contribution in [3.05, 3.63) is 42.2 Å². The van der Waals surface area contributed by atoms with Crippen molar-refractivity contribution in [1.82, 2.24) is 20.2 Å². The van der Waals surface area contributed by atoms with Crippen LogP contribution < -0.4 is 19.5 Å². The van der Waals surface area contributed by atoms with Crippen molar-refractivity contribution >= 4 is 6.03 Å². The molecule has 8 nitrogen and oxygen atoms in total. The molecule has 2 amide bonds. The number of amides is 2.